The molecule has 10 heteroatoms. The summed E-state index contributed by atoms with van der Waals surface area (Å²) in [4.78, 5) is 16.9. The Labute approximate surface area is 213 Å². The monoisotopic (exact) mass is 514 g/mol. The maximum Gasteiger partial charge on any atom is 0.246 e. The van der Waals surface area contributed by atoms with Crippen LogP contribution in [0.1, 0.15) is 22.5 Å². The van der Waals surface area contributed by atoms with E-state index in [-0.39, 0.29) is 30.6 Å². The van der Waals surface area contributed by atoms with E-state index in [1.165, 1.54) is 11.4 Å². The molecule has 0 saturated carbocycles. The van der Waals surface area contributed by atoms with E-state index in [0.29, 0.717) is 23.4 Å². The summed E-state index contributed by atoms with van der Waals surface area (Å²) in [6, 6.07) is 11.2. The first-order valence-corrected chi connectivity index (χ1v) is 13.0. The summed E-state index contributed by atoms with van der Waals surface area (Å²) in [5.41, 5.74) is 4.10. The van der Waals surface area contributed by atoms with E-state index >= 15 is 0 Å². The van der Waals surface area contributed by atoms with Crippen LogP contribution in [-0.2, 0) is 33.1 Å². The van der Waals surface area contributed by atoms with Crippen molar-refractivity contribution in [2.75, 3.05) is 33.9 Å². The van der Waals surface area contributed by atoms with E-state index < -0.39 is 10.0 Å². The summed E-state index contributed by atoms with van der Waals surface area (Å²) >= 11 is 0. The first kappa shape index (κ1) is 27.4. The first-order chi connectivity index (χ1) is 17.0. The lowest BCUT2D eigenvalue weighted by Gasteiger charge is -2.20. The fourth-order valence-electron chi connectivity index (χ4n) is 3.81. The quantitative estimate of drug-likeness (QED) is 0.395. The van der Waals surface area contributed by atoms with Crippen molar-refractivity contribution < 1.29 is 22.7 Å². The number of imidazole rings is 1. The largest absolute Gasteiger partial charge is 0.497 e. The molecule has 0 fully saturated rings. The molecule has 1 N–H and O–H groups in total. The van der Waals surface area contributed by atoms with Gasteiger partial charge >= 0.3 is 0 Å². The van der Waals surface area contributed by atoms with Gasteiger partial charge in [0.05, 0.1) is 24.3 Å². The number of rotatable bonds is 11. The van der Waals surface area contributed by atoms with Crippen molar-refractivity contribution in [1.29, 1.82) is 0 Å². The molecule has 9 nitrogen and oxygen atoms in total. The molecule has 3 aromatic rings. The average molecular weight is 515 g/mol. The Kier molecular flexibility index (Phi) is 8.89. The fraction of sp³-hybridized carbons (Fsp3) is 0.385. The van der Waals surface area contributed by atoms with Gasteiger partial charge in [0.1, 0.15) is 18.2 Å². The molecule has 0 spiro atoms. The zero-order valence-corrected chi connectivity index (χ0v) is 22.5. The Morgan fingerprint density at radius 2 is 1.75 bits per heavy atom. The van der Waals surface area contributed by atoms with Gasteiger partial charge in [-0.3, -0.25) is 4.79 Å². The fourth-order valence-corrected chi connectivity index (χ4v) is 5.37. The lowest BCUT2D eigenvalue weighted by Crippen LogP contribution is -2.33. The zero-order chi connectivity index (χ0) is 26.5. The Morgan fingerprint density at radius 3 is 2.31 bits per heavy atom. The van der Waals surface area contributed by atoms with Crippen LogP contribution in [0.5, 0.6) is 5.75 Å². The SMILES string of the molecule is COc1cc(C)c(S(=O)(=O)N(C)CCOCC(=O)NCc2ccc(-c3cn(C)c(C)n3)cc2)c(C)c1. The number of aryl methyl sites for hydroxylation is 4. The first-order valence-electron chi connectivity index (χ1n) is 11.6. The third kappa shape index (κ3) is 6.51. The molecule has 0 bridgehead atoms. The van der Waals surface area contributed by atoms with E-state index in [1.807, 2.05) is 49.0 Å². The van der Waals surface area contributed by atoms with Gasteiger partial charge in [-0.05, 0) is 49.6 Å². The summed E-state index contributed by atoms with van der Waals surface area (Å²) in [5.74, 6) is 1.28. The van der Waals surface area contributed by atoms with Gasteiger partial charge in [-0.25, -0.2) is 13.4 Å². The molecule has 36 heavy (non-hydrogen) atoms. The molecule has 2 aromatic carbocycles. The zero-order valence-electron chi connectivity index (χ0n) is 21.7. The number of nitrogens with zero attached hydrogens (tertiary/aromatic N) is 3. The molecule has 0 aliphatic heterocycles. The molecule has 0 atom stereocenters. The Bertz CT molecular complexity index is 1270. The number of aromatic nitrogens is 2. The average Bonchev–Trinajstić information content (AvgIpc) is 3.17. The minimum Gasteiger partial charge on any atom is -0.497 e. The van der Waals surface area contributed by atoms with Gasteiger partial charge in [0.2, 0.25) is 15.9 Å². The maximum absolute atomic E-state index is 13.0. The second-order valence-corrected chi connectivity index (χ2v) is 10.7. The van der Waals surface area contributed by atoms with Crippen molar-refractivity contribution in [1.82, 2.24) is 19.2 Å². The Hall–Kier alpha value is -3.21. The van der Waals surface area contributed by atoms with Crippen molar-refractivity contribution in [3.8, 4) is 17.0 Å². The minimum absolute atomic E-state index is 0.0928. The number of carbonyl (C=O) groups is 1. The molecule has 0 radical (unpaired) electrons. The summed E-state index contributed by atoms with van der Waals surface area (Å²) in [6.07, 6.45) is 1.98. The third-order valence-electron chi connectivity index (χ3n) is 5.97. The van der Waals surface area contributed by atoms with Crippen LogP contribution in [0.4, 0.5) is 0 Å². The van der Waals surface area contributed by atoms with Crippen molar-refractivity contribution >= 4 is 15.9 Å². The number of ether oxygens (including phenoxy) is 2. The van der Waals surface area contributed by atoms with Crippen LogP contribution in [0.25, 0.3) is 11.3 Å². The highest BCUT2D eigenvalue weighted by Gasteiger charge is 2.25. The molecular formula is C26H34N4O5S. The summed E-state index contributed by atoms with van der Waals surface area (Å²) < 4.78 is 39.9. The molecule has 1 aromatic heterocycles. The van der Waals surface area contributed by atoms with Crippen molar-refractivity contribution in [2.24, 2.45) is 7.05 Å². The predicted molar refractivity (Wildman–Crippen MR) is 138 cm³/mol. The van der Waals surface area contributed by atoms with Crippen molar-refractivity contribution in [3.63, 3.8) is 0 Å². The number of nitrogens with one attached hydrogen (secondary N) is 1. The lowest BCUT2D eigenvalue weighted by atomic mass is 10.1. The summed E-state index contributed by atoms with van der Waals surface area (Å²) in [7, 11) is 1.29. The van der Waals surface area contributed by atoms with Crippen LogP contribution < -0.4 is 10.1 Å². The van der Waals surface area contributed by atoms with Gasteiger partial charge in [-0.15, -0.1) is 0 Å². The summed E-state index contributed by atoms with van der Waals surface area (Å²) in [6.45, 7) is 5.86. The second-order valence-electron chi connectivity index (χ2n) is 8.73. The van der Waals surface area contributed by atoms with Crippen LogP contribution in [0, 0.1) is 20.8 Å². The second kappa shape index (κ2) is 11.7. The van der Waals surface area contributed by atoms with Gasteiger partial charge < -0.3 is 19.4 Å². The van der Waals surface area contributed by atoms with E-state index in [4.69, 9.17) is 9.47 Å². The van der Waals surface area contributed by atoms with Gasteiger partial charge in [-0.2, -0.15) is 4.31 Å². The number of hydrogen-bond acceptors (Lipinski definition) is 6. The highest BCUT2D eigenvalue weighted by Crippen LogP contribution is 2.27. The van der Waals surface area contributed by atoms with Crippen LogP contribution in [0.2, 0.25) is 0 Å². The maximum atomic E-state index is 13.0. The number of benzene rings is 2. The van der Waals surface area contributed by atoms with Crippen LogP contribution in [-0.4, -0.2) is 62.1 Å². The van der Waals surface area contributed by atoms with E-state index in [2.05, 4.69) is 10.3 Å². The molecular weight excluding hydrogens is 480 g/mol. The van der Waals surface area contributed by atoms with E-state index in [9.17, 15) is 13.2 Å². The van der Waals surface area contributed by atoms with Gasteiger partial charge in [-0.1, -0.05) is 24.3 Å². The highest BCUT2D eigenvalue weighted by molar-refractivity contribution is 7.89. The van der Waals surface area contributed by atoms with Crippen LogP contribution in [0.3, 0.4) is 0 Å². The van der Waals surface area contributed by atoms with Crippen molar-refractivity contribution in [3.05, 3.63) is 65.1 Å². The normalized spacial score (nSPS) is 11.6. The number of carbonyl (C=O) groups excluding carboxylic acids is 1. The van der Waals surface area contributed by atoms with Gasteiger partial charge in [0, 0.05) is 38.9 Å². The molecule has 0 saturated heterocycles. The number of amides is 1. The molecule has 1 amide bonds. The number of sulfonamides is 1. The van der Waals surface area contributed by atoms with E-state index in [0.717, 1.165) is 22.6 Å². The molecule has 0 aliphatic rings. The predicted octanol–water partition coefficient (Wildman–Crippen LogP) is 2.97. The number of methoxy groups -OCH3 is 1. The Morgan fingerprint density at radius 1 is 1.11 bits per heavy atom. The molecule has 194 valence electrons. The van der Waals surface area contributed by atoms with E-state index in [1.54, 1.807) is 33.1 Å². The smallest absolute Gasteiger partial charge is 0.246 e. The van der Waals surface area contributed by atoms with Crippen molar-refractivity contribution in [2.45, 2.75) is 32.2 Å². The molecule has 0 unspecified atom stereocenters. The lowest BCUT2D eigenvalue weighted by molar-refractivity contribution is -0.125. The molecule has 0 aliphatic carbocycles. The topological polar surface area (TPSA) is 103 Å². The molecule has 1 heterocycles. The van der Waals surface area contributed by atoms with Gasteiger partial charge in [0.15, 0.2) is 0 Å². The van der Waals surface area contributed by atoms with Gasteiger partial charge in [0.25, 0.3) is 0 Å². The Balaban J connectivity index is 1.44. The highest BCUT2D eigenvalue weighted by atomic mass is 32.2. The molecule has 3 rings (SSSR count). The number of likely N-dealkylation sites (N-methyl/N-ethyl adjacent to an activating group) is 1. The minimum atomic E-state index is -3.71. The third-order valence-corrected chi connectivity index (χ3v) is 8.13. The van der Waals surface area contributed by atoms with Crippen LogP contribution >= 0.6 is 0 Å². The summed E-state index contributed by atoms with van der Waals surface area (Å²) in [5, 5.41) is 2.81. The number of hydrogen-bond donors (Lipinski definition) is 1. The standard InChI is InChI=1S/C26H34N4O5S/c1-18-13-23(34-6)14-19(2)26(18)36(32,33)30(5)11-12-35-17-25(31)27-15-21-7-9-22(10-8-21)24-16-29(4)20(3)28-24/h7-10,13-14,16H,11-12,15,17H2,1-6H3,(H,27,31). The van der Waals surface area contributed by atoms with Crippen LogP contribution in [0.15, 0.2) is 47.5 Å².